The highest BCUT2D eigenvalue weighted by molar-refractivity contribution is 7.14. The SMILES string of the molecule is COC(=O)c1ccsc1NC(=O)[C@H]1CCCN1c1nc2ccccc2o1. The number of carbonyl (C=O) groups excluding carboxylic acids is 2. The molecule has 1 saturated heterocycles. The average molecular weight is 371 g/mol. The Kier molecular flexibility index (Phi) is 4.34. The molecule has 1 aromatic carbocycles. The van der Waals surface area contributed by atoms with Gasteiger partial charge in [-0.3, -0.25) is 4.79 Å². The van der Waals surface area contributed by atoms with Crippen LogP contribution in [0, 0.1) is 0 Å². The van der Waals surface area contributed by atoms with Crippen molar-refractivity contribution in [3.63, 3.8) is 0 Å². The summed E-state index contributed by atoms with van der Waals surface area (Å²) in [5.41, 5.74) is 1.82. The molecule has 0 saturated carbocycles. The lowest BCUT2D eigenvalue weighted by atomic mass is 10.2. The first-order valence-corrected chi connectivity index (χ1v) is 9.14. The van der Waals surface area contributed by atoms with Gasteiger partial charge >= 0.3 is 5.97 Å². The highest BCUT2D eigenvalue weighted by Gasteiger charge is 2.34. The highest BCUT2D eigenvalue weighted by Crippen LogP contribution is 2.30. The zero-order chi connectivity index (χ0) is 18.1. The number of nitrogens with zero attached hydrogens (tertiary/aromatic N) is 2. The van der Waals surface area contributed by atoms with Crippen molar-refractivity contribution in [1.29, 1.82) is 0 Å². The van der Waals surface area contributed by atoms with Crippen LogP contribution in [-0.4, -0.2) is 36.6 Å². The largest absolute Gasteiger partial charge is 0.465 e. The summed E-state index contributed by atoms with van der Waals surface area (Å²) in [6.07, 6.45) is 1.56. The number of methoxy groups -OCH3 is 1. The molecule has 8 heteroatoms. The molecule has 1 aliphatic rings. The van der Waals surface area contributed by atoms with Gasteiger partial charge in [-0.05, 0) is 36.4 Å². The van der Waals surface area contributed by atoms with E-state index in [2.05, 4.69) is 10.3 Å². The zero-order valence-electron chi connectivity index (χ0n) is 14.1. The summed E-state index contributed by atoms with van der Waals surface area (Å²) < 4.78 is 10.6. The number of rotatable bonds is 4. The number of nitrogens with one attached hydrogen (secondary N) is 1. The summed E-state index contributed by atoms with van der Waals surface area (Å²) in [6, 6.07) is 9.20. The fourth-order valence-corrected chi connectivity index (χ4v) is 3.90. The molecule has 1 atom stereocenters. The quantitative estimate of drug-likeness (QED) is 0.709. The molecule has 3 heterocycles. The van der Waals surface area contributed by atoms with Crippen LogP contribution in [0.15, 0.2) is 40.1 Å². The van der Waals surface area contributed by atoms with Gasteiger partial charge in [-0.15, -0.1) is 11.3 Å². The molecule has 1 fully saturated rings. The first-order chi connectivity index (χ1) is 12.7. The third-order valence-electron chi connectivity index (χ3n) is 4.39. The molecule has 7 nitrogen and oxygen atoms in total. The summed E-state index contributed by atoms with van der Waals surface area (Å²) in [4.78, 5) is 31.0. The van der Waals surface area contributed by atoms with Gasteiger partial charge < -0.3 is 19.4 Å². The fraction of sp³-hybridized carbons (Fsp3) is 0.278. The number of esters is 1. The molecule has 0 bridgehead atoms. The third kappa shape index (κ3) is 2.92. The molecule has 0 unspecified atom stereocenters. The van der Waals surface area contributed by atoms with Gasteiger partial charge in [0.1, 0.15) is 16.6 Å². The Bertz CT molecular complexity index is 931. The lowest BCUT2D eigenvalue weighted by Crippen LogP contribution is -2.40. The maximum atomic E-state index is 12.8. The maximum Gasteiger partial charge on any atom is 0.340 e. The van der Waals surface area contributed by atoms with Gasteiger partial charge in [-0.2, -0.15) is 4.98 Å². The number of para-hydroxylation sites is 2. The van der Waals surface area contributed by atoms with Crippen molar-refractivity contribution in [2.75, 3.05) is 23.9 Å². The molecule has 1 aliphatic heterocycles. The second-order valence-electron chi connectivity index (χ2n) is 5.96. The number of anilines is 2. The van der Waals surface area contributed by atoms with Crippen LogP contribution < -0.4 is 10.2 Å². The number of aromatic nitrogens is 1. The van der Waals surface area contributed by atoms with Gasteiger partial charge in [0.25, 0.3) is 6.01 Å². The fourth-order valence-electron chi connectivity index (χ4n) is 3.12. The van der Waals surface area contributed by atoms with E-state index < -0.39 is 12.0 Å². The van der Waals surface area contributed by atoms with Gasteiger partial charge in [-0.1, -0.05) is 12.1 Å². The Morgan fingerprint density at radius 1 is 1.35 bits per heavy atom. The lowest BCUT2D eigenvalue weighted by Gasteiger charge is -2.21. The molecule has 0 aliphatic carbocycles. The van der Waals surface area contributed by atoms with E-state index in [4.69, 9.17) is 9.15 Å². The third-order valence-corrected chi connectivity index (χ3v) is 5.22. The smallest absolute Gasteiger partial charge is 0.340 e. The number of thiophene rings is 1. The van der Waals surface area contributed by atoms with Crippen molar-refractivity contribution in [3.05, 3.63) is 41.3 Å². The summed E-state index contributed by atoms with van der Waals surface area (Å²) in [5, 5.41) is 5.09. The number of fused-ring (bicyclic) bond motifs is 1. The Balaban J connectivity index is 1.55. The minimum absolute atomic E-state index is 0.183. The first kappa shape index (κ1) is 16.6. The molecule has 3 aromatic rings. The number of amides is 1. The predicted octanol–water partition coefficient (Wildman–Crippen LogP) is 3.28. The minimum atomic E-state index is -0.469. The van der Waals surface area contributed by atoms with E-state index in [-0.39, 0.29) is 5.91 Å². The summed E-state index contributed by atoms with van der Waals surface area (Å²) in [7, 11) is 1.32. The average Bonchev–Trinajstić information content (AvgIpc) is 3.38. The molecule has 0 spiro atoms. The predicted molar refractivity (Wildman–Crippen MR) is 98.7 cm³/mol. The number of carbonyl (C=O) groups is 2. The summed E-state index contributed by atoms with van der Waals surface area (Å²) >= 11 is 1.29. The van der Waals surface area contributed by atoms with Crippen LogP contribution in [0.5, 0.6) is 0 Å². The van der Waals surface area contributed by atoms with Crippen molar-refractivity contribution >= 4 is 45.3 Å². The molecule has 134 valence electrons. The van der Waals surface area contributed by atoms with E-state index in [0.717, 1.165) is 11.9 Å². The molecular formula is C18H17N3O4S. The first-order valence-electron chi connectivity index (χ1n) is 8.26. The van der Waals surface area contributed by atoms with Crippen molar-refractivity contribution < 1.29 is 18.7 Å². The van der Waals surface area contributed by atoms with E-state index in [9.17, 15) is 9.59 Å². The van der Waals surface area contributed by atoms with E-state index in [1.54, 1.807) is 11.4 Å². The Hall–Kier alpha value is -2.87. The second-order valence-corrected chi connectivity index (χ2v) is 6.88. The van der Waals surface area contributed by atoms with Crippen LogP contribution in [0.25, 0.3) is 11.1 Å². The molecule has 1 amide bonds. The van der Waals surface area contributed by atoms with Crippen molar-refractivity contribution in [2.45, 2.75) is 18.9 Å². The normalized spacial score (nSPS) is 16.8. The number of ether oxygens (including phenoxy) is 1. The summed E-state index contributed by atoms with van der Waals surface area (Å²) in [6.45, 7) is 0.694. The number of hydrogen-bond donors (Lipinski definition) is 1. The number of benzene rings is 1. The van der Waals surface area contributed by atoms with E-state index in [1.165, 1.54) is 18.4 Å². The van der Waals surface area contributed by atoms with Gasteiger partial charge in [0.05, 0.1) is 12.7 Å². The molecule has 0 radical (unpaired) electrons. The van der Waals surface area contributed by atoms with E-state index >= 15 is 0 Å². The Morgan fingerprint density at radius 2 is 2.19 bits per heavy atom. The molecule has 2 aromatic heterocycles. The minimum Gasteiger partial charge on any atom is -0.465 e. The van der Waals surface area contributed by atoms with E-state index in [1.807, 2.05) is 29.2 Å². The van der Waals surface area contributed by atoms with Crippen molar-refractivity contribution in [2.24, 2.45) is 0 Å². The van der Waals surface area contributed by atoms with Crippen LogP contribution >= 0.6 is 11.3 Å². The second kappa shape index (κ2) is 6.80. The van der Waals surface area contributed by atoms with Crippen LogP contribution in [-0.2, 0) is 9.53 Å². The maximum absolute atomic E-state index is 12.8. The molecule has 4 rings (SSSR count). The van der Waals surface area contributed by atoms with Crippen LogP contribution in [0.2, 0.25) is 0 Å². The zero-order valence-corrected chi connectivity index (χ0v) is 14.9. The van der Waals surface area contributed by atoms with Gasteiger partial charge in [0.15, 0.2) is 5.58 Å². The molecule has 1 N–H and O–H groups in total. The van der Waals surface area contributed by atoms with Gasteiger partial charge in [-0.25, -0.2) is 4.79 Å². The topological polar surface area (TPSA) is 84.7 Å². The van der Waals surface area contributed by atoms with Crippen LogP contribution in [0.4, 0.5) is 11.0 Å². The van der Waals surface area contributed by atoms with E-state index in [0.29, 0.717) is 35.1 Å². The Morgan fingerprint density at radius 3 is 3.00 bits per heavy atom. The highest BCUT2D eigenvalue weighted by atomic mass is 32.1. The molecule has 26 heavy (non-hydrogen) atoms. The summed E-state index contributed by atoms with van der Waals surface area (Å²) in [5.74, 6) is -0.652. The monoisotopic (exact) mass is 371 g/mol. The Labute approximate surface area is 153 Å². The van der Waals surface area contributed by atoms with Gasteiger partial charge in [0.2, 0.25) is 5.91 Å². The van der Waals surface area contributed by atoms with Gasteiger partial charge in [0, 0.05) is 6.54 Å². The number of oxazole rings is 1. The lowest BCUT2D eigenvalue weighted by molar-refractivity contribution is -0.117. The van der Waals surface area contributed by atoms with Crippen LogP contribution in [0.1, 0.15) is 23.2 Å². The number of hydrogen-bond acceptors (Lipinski definition) is 7. The van der Waals surface area contributed by atoms with Crippen LogP contribution in [0.3, 0.4) is 0 Å². The van der Waals surface area contributed by atoms with Crippen molar-refractivity contribution in [1.82, 2.24) is 4.98 Å². The van der Waals surface area contributed by atoms with Crippen molar-refractivity contribution in [3.8, 4) is 0 Å². The molecular weight excluding hydrogens is 354 g/mol. The standard InChI is InChI=1S/C18H17N3O4S/c1-24-17(23)11-8-10-26-16(11)20-15(22)13-6-4-9-21(13)18-19-12-5-2-3-7-14(12)25-18/h2-3,5,7-8,10,13H,4,6,9H2,1H3,(H,20,22)/t13-/m1/s1.